The molecular weight excluding hydrogens is 303 g/mol. The SMILES string of the molecule is O=S(=O)(CCc1ccccc1)N1CCCCC1C(F)(F)F. The smallest absolute Gasteiger partial charge is 0.212 e. The van der Waals surface area contributed by atoms with Crippen LogP contribution in [0.1, 0.15) is 24.8 Å². The van der Waals surface area contributed by atoms with E-state index < -0.39 is 22.2 Å². The van der Waals surface area contributed by atoms with Crippen LogP contribution in [-0.2, 0) is 16.4 Å². The first-order chi connectivity index (χ1) is 9.81. The molecule has 0 saturated carbocycles. The molecule has 0 bridgehead atoms. The van der Waals surface area contributed by atoms with E-state index in [9.17, 15) is 21.6 Å². The molecule has 3 nitrogen and oxygen atoms in total. The highest BCUT2D eigenvalue weighted by Gasteiger charge is 2.48. The van der Waals surface area contributed by atoms with Crippen molar-refractivity contribution in [1.82, 2.24) is 4.31 Å². The topological polar surface area (TPSA) is 37.4 Å². The lowest BCUT2D eigenvalue weighted by Crippen LogP contribution is -2.52. The largest absolute Gasteiger partial charge is 0.405 e. The third-order valence-corrected chi connectivity index (χ3v) is 5.55. The van der Waals surface area contributed by atoms with Gasteiger partial charge in [-0.25, -0.2) is 8.42 Å². The summed E-state index contributed by atoms with van der Waals surface area (Å²) in [6.07, 6.45) is -3.52. The van der Waals surface area contributed by atoms with Crippen LogP contribution in [0.4, 0.5) is 13.2 Å². The Labute approximate surface area is 122 Å². The van der Waals surface area contributed by atoms with E-state index in [-0.39, 0.29) is 25.1 Å². The normalized spacial score (nSPS) is 21.4. The van der Waals surface area contributed by atoms with Crippen molar-refractivity contribution in [3.8, 4) is 0 Å². The van der Waals surface area contributed by atoms with Crippen LogP contribution < -0.4 is 0 Å². The van der Waals surface area contributed by atoms with Crippen LogP contribution in [0.3, 0.4) is 0 Å². The monoisotopic (exact) mass is 321 g/mol. The first-order valence-corrected chi connectivity index (χ1v) is 8.52. The molecular formula is C14H18F3NO2S. The van der Waals surface area contributed by atoms with Crippen LogP contribution in [-0.4, -0.2) is 37.2 Å². The second kappa shape index (κ2) is 6.36. The summed E-state index contributed by atoms with van der Waals surface area (Å²) in [5.74, 6) is -0.288. The van der Waals surface area contributed by atoms with Gasteiger partial charge in [-0.2, -0.15) is 17.5 Å². The summed E-state index contributed by atoms with van der Waals surface area (Å²) in [6.45, 7) is -0.0404. The Morgan fingerprint density at radius 1 is 1.14 bits per heavy atom. The van der Waals surface area contributed by atoms with Crippen LogP contribution in [0.2, 0.25) is 0 Å². The number of hydrogen-bond acceptors (Lipinski definition) is 2. The number of halogens is 3. The first kappa shape index (κ1) is 16.3. The third-order valence-electron chi connectivity index (χ3n) is 3.68. The van der Waals surface area contributed by atoms with Gasteiger partial charge in [0.25, 0.3) is 0 Å². The Morgan fingerprint density at radius 3 is 2.43 bits per heavy atom. The molecule has 1 saturated heterocycles. The maximum atomic E-state index is 13.0. The Bertz CT molecular complexity index is 557. The average Bonchev–Trinajstić information content (AvgIpc) is 2.45. The van der Waals surface area contributed by atoms with Gasteiger partial charge in [-0.15, -0.1) is 0 Å². The Balaban J connectivity index is 2.10. The fraction of sp³-hybridized carbons (Fsp3) is 0.571. The number of sulfonamides is 1. The van der Waals surface area contributed by atoms with Crippen molar-refractivity contribution in [2.24, 2.45) is 0 Å². The van der Waals surface area contributed by atoms with Crippen molar-refractivity contribution >= 4 is 10.0 Å². The minimum absolute atomic E-state index is 0.0404. The molecule has 118 valence electrons. The van der Waals surface area contributed by atoms with E-state index in [1.807, 2.05) is 6.07 Å². The van der Waals surface area contributed by atoms with Gasteiger partial charge >= 0.3 is 6.18 Å². The van der Waals surface area contributed by atoms with Gasteiger partial charge in [0.2, 0.25) is 10.0 Å². The van der Waals surface area contributed by atoms with E-state index in [0.717, 1.165) is 5.56 Å². The van der Waals surface area contributed by atoms with Crippen LogP contribution in [0.25, 0.3) is 0 Å². The molecule has 1 aliphatic heterocycles. The van der Waals surface area contributed by atoms with Gasteiger partial charge in [0.15, 0.2) is 0 Å². The lowest BCUT2D eigenvalue weighted by Gasteiger charge is -2.35. The number of nitrogens with zero attached hydrogens (tertiary/aromatic N) is 1. The summed E-state index contributed by atoms with van der Waals surface area (Å²) in [7, 11) is -3.90. The third kappa shape index (κ3) is 4.20. The van der Waals surface area contributed by atoms with Crippen LogP contribution in [0, 0.1) is 0 Å². The number of hydrogen-bond donors (Lipinski definition) is 0. The Kier molecular flexibility index (Phi) is 4.93. The molecule has 0 aliphatic carbocycles. The molecule has 7 heteroatoms. The van der Waals surface area contributed by atoms with Gasteiger partial charge in [0, 0.05) is 6.54 Å². The van der Waals surface area contributed by atoms with Gasteiger partial charge < -0.3 is 0 Å². The second-order valence-electron chi connectivity index (χ2n) is 5.22. The van der Waals surface area contributed by atoms with Crippen molar-refractivity contribution in [3.63, 3.8) is 0 Å². The summed E-state index contributed by atoms with van der Waals surface area (Å²) in [4.78, 5) is 0. The van der Waals surface area contributed by atoms with Crippen molar-refractivity contribution < 1.29 is 21.6 Å². The molecule has 1 aliphatic rings. The number of aryl methyl sites for hydroxylation is 1. The summed E-state index contributed by atoms with van der Waals surface area (Å²) in [5.41, 5.74) is 0.807. The zero-order valence-corrected chi connectivity index (χ0v) is 12.3. The van der Waals surface area contributed by atoms with Crippen molar-refractivity contribution in [1.29, 1.82) is 0 Å². The van der Waals surface area contributed by atoms with Crippen LogP contribution in [0.5, 0.6) is 0 Å². The van der Waals surface area contributed by atoms with Crippen LogP contribution in [0.15, 0.2) is 30.3 Å². The molecule has 0 aromatic heterocycles. The number of benzene rings is 1. The molecule has 0 amide bonds. The molecule has 2 rings (SSSR count). The molecule has 1 heterocycles. The molecule has 1 atom stereocenters. The maximum absolute atomic E-state index is 13.0. The van der Waals surface area contributed by atoms with Gasteiger partial charge in [-0.05, 0) is 24.8 Å². The lowest BCUT2D eigenvalue weighted by atomic mass is 10.0. The quantitative estimate of drug-likeness (QED) is 0.855. The Morgan fingerprint density at radius 2 is 1.81 bits per heavy atom. The molecule has 1 aromatic rings. The predicted octanol–water partition coefficient (Wildman–Crippen LogP) is 2.98. The molecule has 1 aromatic carbocycles. The average molecular weight is 321 g/mol. The zero-order valence-electron chi connectivity index (χ0n) is 11.5. The van der Waals surface area contributed by atoms with Crippen molar-refractivity contribution in [3.05, 3.63) is 35.9 Å². The summed E-state index contributed by atoms with van der Waals surface area (Å²) >= 11 is 0. The van der Waals surface area contributed by atoms with E-state index >= 15 is 0 Å². The standard InChI is InChI=1S/C14H18F3NO2S/c15-14(16,17)13-8-4-5-10-18(13)21(19,20)11-9-12-6-2-1-3-7-12/h1-3,6-7,13H,4-5,8-11H2. The second-order valence-corrected chi connectivity index (χ2v) is 7.26. The van der Waals surface area contributed by atoms with E-state index in [4.69, 9.17) is 0 Å². The molecule has 0 radical (unpaired) electrons. The first-order valence-electron chi connectivity index (χ1n) is 6.91. The van der Waals surface area contributed by atoms with Gasteiger partial charge in [-0.1, -0.05) is 36.8 Å². The minimum atomic E-state index is -4.50. The van der Waals surface area contributed by atoms with Gasteiger partial charge in [0.1, 0.15) is 6.04 Å². The summed E-state index contributed by atoms with van der Waals surface area (Å²) in [5, 5.41) is 0. The van der Waals surface area contributed by atoms with Crippen LogP contribution >= 0.6 is 0 Å². The number of alkyl halides is 3. The van der Waals surface area contributed by atoms with Gasteiger partial charge in [-0.3, -0.25) is 0 Å². The zero-order chi connectivity index (χ0) is 15.5. The molecule has 0 N–H and O–H groups in total. The Hall–Kier alpha value is -1.08. The highest BCUT2D eigenvalue weighted by atomic mass is 32.2. The highest BCUT2D eigenvalue weighted by Crippen LogP contribution is 2.33. The fourth-order valence-electron chi connectivity index (χ4n) is 2.57. The van der Waals surface area contributed by atoms with E-state index in [1.54, 1.807) is 24.3 Å². The maximum Gasteiger partial charge on any atom is 0.405 e. The minimum Gasteiger partial charge on any atom is -0.212 e. The van der Waals surface area contributed by atoms with Gasteiger partial charge in [0.05, 0.1) is 5.75 Å². The van der Waals surface area contributed by atoms with E-state index in [2.05, 4.69) is 0 Å². The lowest BCUT2D eigenvalue weighted by molar-refractivity contribution is -0.177. The molecule has 21 heavy (non-hydrogen) atoms. The molecule has 0 spiro atoms. The van der Waals surface area contributed by atoms with E-state index in [0.29, 0.717) is 17.1 Å². The van der Waals surface area contributed by atoms with Crippen molar-refractivity contribution in [2.75, 3.05) is 12.3 Å². The number of rotatable bonds is 4. The van der Waals surface area contributed by atoms with Crippen molar-refractivity contribution in [2.45, 2.75) is 37.9 Å². The fourth-order valence-corrected chi connectivity index (χ4v) is 4.32. The summed E-state index contributed by atoms with van der Waals surface area (Å²) < 4.78 is 64.1. The van der Waals surface area contributed by atoms with E-state index in [1.165, 1.54) is 0 Å². The highest BCUT2D eigenvalue weighted by molar-refractivity contribution is 7.89. The molecule has 1 fully saturated rings. The molecule has 1 unspecified atom stereocenters. The predicted molar refractivity (Wildman–Crippen MR) is 74.3 cm³/mol. The summed E-state index contributed by atoms with van der Waals surface area (Å²) in [6, 6.07) is 7.04. The number of piperidine rings is 1.